The maximum Gasteiger partial charge on any atom is 0.234 e. The van der Waals surface area contributed by atoms with Gasteiger partial charge < -0.3 is 10.2 Å². The highest BCUT2D eigenvalue weighted by Crippen LogP contribution is 2.12. The summed E-state index contributed by atoms with van der Waals surface area (Å²) in [6, 6.07) is 9.78. The van der Waals surface area contributed by atoms with E-state index in [0.717, 1.165) is 37.6 Å². The van der Waals surface area contributed by atoms with Gasteiger partial charge in [-0.05, 0) is 23.8 Å². The summed E-state index contributed by atoms with van der Waals surface area (Å²) in [7, 11) is 0. The summed E-state index contributed by atoms with van der Waals surface area (Å²) >= 11 is 0. The third kappa shape index (κ3) is 4.50. The summed E-state index contributed by atoms with van der Waals surface area (Å²) < 4.78 is 0. The third-order valence-electron chi connectivity index (χ3n) is 3.93. The number of nitrogens with zero attached hydrogens (tertiary/aromatic N) is 4. The quantitative estimate of drug-likeness (QED) is 0.889. The summed E-state index contributed by atoms with van der Waals surface area (Å²) in [5, 5.41) is 2.94. The predicted octanol–water partition coefficient (Wildman–Crippen LogP) is 0.915. The Morgan fingerprint density at radius 2 is 1.96 bits per heavy atom. The SMILES string of the molecule is O=C(CN1CCN(c2ccccn2)CC1)NCc1cccnc1. The molecule has 6 nitrogen and oxygen atoms in total. The van der Waals surface area contributed by atoms with E-state index in [1.807, 2.05) is 36.5 Å². The Balaban J connectivity index is 1.41. The number of anilines is 1. The molecule has 0 bridgehead atoms. The molecule has 2 aromatic rings. The Morgan fingerprint density at radius 3 is 2.65 bits per heavy atom. The number of pyridine rings is 2. The fourth-order valence-corrected chi connectivity index (χ4v) is 2.64. The molecule has 0 atom stereocenters. The fourth-order valence-electron chi connectivity index (χ4n) is 2.64. The number of aromatic nitrogens is 2. The van der Waals surface area contributed by atoms with Crippen LogP contribution >= 0.6 is 0 Å². The van der Waals surface area contributed by atoms with E-state index in [4.69, 9.17) is 0 Å². The van der Waals surface area contributed by atoms with Crippen LogP contribution in [0.25, 0.3) is 0 Å². The maximum absolute atomic E-state index is 12.0. The first-order chi connectivity index (χ1) is 11.3. The first kappa shape index (κ1) is 15.4. The zero-order valence-corrected chi connectivity index (χ0v) is 13.1. The first-order valence-corrected chi connectivity index (χ1v) is 7.85. The van der Waals surface area contributed by atoms with Crippen LogP contribution in [0.4, 0.5) is 5.82 Å². The van der Waals surface area contributed by atoms with Gasteiger partial charge in [-0.1, -0.05) is 12.1 Å². The van der Waals surface area contributed by atoms with E-state index in [1.54, 1.807) is 12.4 Å². The van der Waals surface area contributed by atoms with Crippen molar-refractivity contribution < 1.29 is 4.79 Å². The molecule has 0 spiro atoms. The molecule has 1 saturated heterocycles. The molecule has 0 saturated carbocycles. The Labute approximate surface area is 136 Å². The van der Waals surface area contributed by atoms with E-state index in [-0.39, 0.29) is 5.91 Å². The Hall–Kier alpha value is -2.47. The van der Waals surface area contributed by atoms with Crippen molar-refractivity contribution in [2.45, 2.75) is 6.54 Å². The Kier molecular flexibility index (Phi) is 5.16. The van der Waals surface area contributed by atoms with Gasteiger partial charge in [-0.25, -0.2) is 4.98 Å². The second-order valence-electron chi connectivity index (χ2n) is 5.59. The molecule has 6 heteroatoms. The van der Waals surface area contributed by atoms with Crippen molar-refractivity contribution in [3.8, 4) is 0 Å². The van der Waals surface area contributed by atoms with E-state index in [9.17, 15) is 4.79 Å². The molecule has 23 heavy (non-hydrogen) atoms. The van der Waals surface area contributed by atoms with E-state index < -0.39 is 0 Å². The number of hydrogen-bond acceptors (Lipinski definition) is 5. The second kappa shape index (κ2) is 7.69. The van der Waals surface area contributed by atoms with Crippen LogP contribution in [0.2, 0.25) is 0 Å². The molecule has 0 aliphatic carbocycles. The minimum absolute atomic E-state index is 0.0557. The number of hydrogen-bond donors (Lipinski definition) is 1. The molecule has 1 aliphatic rings. The smallest absolute Gasteiger partial charge is 0.234 e. The van der Waals surface area contributed by atoms with Crippen LogP contribution in [0.3, 0.4) is 0 Å². The molecule has 0 unspecified atom stereocenters. The molecule has 3 heterocycles. The lowest BCUT2D eigenvalue weighted by Gasteiger charge is -2.34. The molecule has 120 valence electrons. The van der Waals surface area contributed by atoms with E-state index in [0.29, 0.717) is 13.1 Å². The molecule has 1 aliphatic heterocycles. The fraction of sp³-hybridized carbons (Fsp3) is 0.353. The van der Waals surface area contributed by atoms with Crippen LogP contribution in [-0.4, -0.2) is 53.5 Å². The highest BCUT2D eigenvalue weighted by atomic mass is 16.2. The molecule has 3 rings (SSSR count). The van der Waals surface area contributed by atoms with Gasteiger partial charge in [-0.2, -0.15) is 0 Å². The number of amides is 1. The Bertz CT molecular complexity index is 611. The standard InChI is InChI=1S/C17H21N5O/c23-17(20-13-15-4-3-6-18-12-15)14-21-8-10-22(11-9-21)16-5-1-2-7-19-16/h1-7,12H,8-11,13-14H2,(H,20,23). The monoisotopic (exact) mass is 311 g/mol. The average molecular weight is 311 g/mol. The van der Waals surface area contributed by atoms with Crippen molar-refractivity contribution in [2.24, 2.45) is 0 Å². The van der Waals surface area contributed by atoms with Crippen molar-refractivity contribution in [3.63, 3.8) is 0 Å². The van der Waals surface area contributed by atoms with Crippen LogP contribution < -0.4 is 10.2 Å². The third-order valence-corrected chi connectivity index (χ3v) is 3.93. The number of carbonyl (C=O) groups excluding carboxylic acids is 1. The van der Waals surface area contributed by atoms with E-state index >= 15 is 0 Å². The minimum Gasteiger partial charge on any atom is -0.354 e. The molecule has 0 aromatic carbocycles. The van der Waals surface area contributed by atoms with Crippen LogP contribution in [0, 0.1) is 0 Å². The maximum atomic E-state index is 12.0. The minimum atomic E-state index is 0.0557. The topological polar surface area (TPSA) is 61.4 Å². The van der Waals surface area contributed by atoms with Crippen LogP contribution in [0.1, 0.15) is 5.56 Å². The normalized spacial score (nSPS) is 15.4. The molecule has 1 fully saturated rings. The van der Waals surface area contributed by atoms with Gasteiger partial charge in [-0.3, -0.25) is 14.7 Å². The number of rotatable bonds is 5. The van der Waals surface area contributed by atoms with Crippen molar-refractivity contribution in [2.75, 3.05) is 37.6 Å². The lowest BCUT2D eigenvalue weighted by molar-refractivity contribution is -0.122. The lowest BCUT2D eigenvalue weighted by atomic mass is 10.2. The largest absolute Gasteiger partial charge is 0.354 e. The summed E-state index contributed by atoms with van der Waals surface area (Å²) in [5.41, 5.74) is 1.01. The van der Waals surface area contributed by atoms with Gasteiger partial charge in [0.2, 0.25) is 5.91 Å². The average Bonchev–Trinajstić information content (AvgIpc) is 2.62. The van der Waals surface area contributed by atoms with Gasteiger partial charge in [0.25, 0.3) is 0 Å². The van der Waals surface area contributed by atoms with Gasteiger partial charge in [0.05, 0.1) is 6.54 Å². The molecular formula is C17H21N5O. The van der Waals surface area contributed by atoms with Gasteiger partial charge in [0, 0.05) is 51.3 Å². The molecule has 2 aromatic heterocycles. The van der Waals surface area contributed by atoms with Crippen molar-refractivity contribution in [1.82, 2.24) is 20.2 Å². The van der Waals surface area contributed by atoms with Crippen molar-refractivity contribution in [1.29, 1.82) is 0 Å². The van der Waals surface area contributed by atoms with Crippen molar-refractivity contribution in [3.05, 3.63) is 54.5 Å². The molecular weight excluding hydrogens is 290 g/mol. The van der Waals surface area contributed by atoms with Crippen molar-refractivity contribution >= 4 is 11.7 Å². The highest BCUT2D eigenvalue weighted by Gasteiger charge is 2.19. The van der Waals surface area contributed by atoms with E-state index in [1.165, 1.54) is 0 Å². The number of carbonyl (C=O) groups is 1. The predicted molar refractivity (Wildman–Crippen MR) is 89.0 cm³/mol. The number of piperazine rings is 1. The molecule has 1 amide bonds. The lowest BCUT2D eigenvalue weighted by Crippen LogP contribution is -2.49. The van der Waals surface area contributed by atoms with Gasteiger partial charge in [-0.15, -0.1) is 0 Å². The van der Waals surface area contributed by atoms with Crippen LogP contribution in [-0.2, 0) is 11.3 Å². The summed E-state index contributed by atoms with van der Waals surface area (Å²) in [6.07, 6.45) is 5.31. The molecule has 0 radical (unpaired) electrons. The highest BCUT2D eigenvalue weighted by molar-refractivity contribution is 5.78. The summed E-state index contributed by atoms with van der Waals surface area (Å²) in [4.78, 5) is 24.9. The zero-order chi connectivity index (χ0) is 15.9. The van der Waals surface area contributed by atoms with Gasteiger partial charge >= 0.3 is 0 Å². The van der Waals surface area contributed by atoms with E-state index in [2.05, 4.69) is 25.1 Å². The Morgan fingerprint density at radius 1 is 1.09 bits per heavy atom. The summed E-state index contributed by atoms with van der Waals surface area (Å²) in [5.74, 6) is 1.06. The van der Waals surface area contributed by atoms with Gasteiger partial charge in [0.1, 0.15) is 5.82 Å². The first-order valence-electron chi connectivity index (χ1n) is 7.85. The molecule has 1 N–H and O–H groups in total. The van der Waals surface area contributed by atoms with Crippen LogP contribution in [0.5, 0.6) is 0 Å². The zero-order valence-electron chi connectivity index (χ0n) is 13.1. The van der Waals surface area contributed by atoms with Crippen LogP contribution in [0.15, 0.2) is 48.9 Å². The van der Waals surface area contributed by atoms with Gasteiger partial charge in [0.15, 0.2) is 0 Å². The second-order valence-corrected chi connectivity index (χ2v) is 5.59. The summed E-state index contributed by atoms with van der Waals surface area (Å²) in [6.45, 7) is 4.50. The number of nitrogens with one attached hydrogen (secondary N) is 1.